The number of likely N-dealkylation sites (tertiary alicyclic amines) is 1. The summed E-state index contributed by atoms with van der Waals surface area (Å²) in [6.45, 7) is 3.49. The molecule has 2 aliphatic rings. The first kappa shape index (κ1) is 17.6. The maximum absolute atomic E-state index is 12.9. The van der Waals surface area contributed by atoms with Gasteiger partial charge in [0.15, 0.2) is 5.69 Å². The van der Waals surface area contributed by atoms with E-state index in [1.165, 1.54) is 12.1 Å². The quantitative estimate of drug-likeness (QED) is 0.625. The smallest absolute Gasteiger partial charge is 0.274 e. The molecule has 0 aliphatic carbocycles. The van der Waals surface area contributed by atoms with Gasteiger partial charge in [-0.2, -0.15) is 5.10 Å². The number of H-pyrrole nitrogens is 1. The van der Waals surface area contributed by atoms with Crippen LogP contribution in [-0.4, -0.2) is 52.1 Å². The minimum atomic E-state index is -0.458. The number of nitrogens with zero attached hydrogens (tertiary/aromatic N) is 3. The lowest BCUT2D eigenvalue weighted by Crippen LogP contribution is -2.33. The second-order valence-corrected chi connectivity index (χ2v) is 6.61. The minimum absolute atomic E-state index is 0. The van der Waals surface area contributed by atoms with E-state index in [-0.39, 0.29) is 29.7 Å². The van der Waals surface area contributed by atoms with Crippen molar-refractivity contribution in [2.45, 2.75) is 12.8 Å². The summed E-state index contributed by atoms with van der Waals surface area (Å²) in [5.41, 5.74) is 0.883. The third kappa shape index (κ3) is 3.19. The summed E-state index contributed by atoms with van der Waals surface area (Å²) in [6, 6.07) is 4.42. The molecule has 2 N–H and O–H groups in total. The van der Waals surface area contributed by atoms with Crippen LogP contribution >= 0.6 is 12.4 Å². The highest BCUT2D eigenvalue weighted by molar-refractivity contribution is 6.05. The van der Waals surface area contributed by atoms with Crippen molar-refractivity contribution >= 4 is 34.9 Å². The van der Waals surface area contributed by atoms with Gasteiger partial charge >= 0.3 is 0 Å². The van der Waals surface area contributed by atoms with Crippen LogP contribution in [0.15, 0.2) is 18.2 Å². The van der Waals surface area contributed by atoms with Crippen molar-refractivity contribution in [1.82, 2.24) is 20.4 Å². The number of amides is 1. The second kappa shape index (κ2) is 6.97. The first-order valence-corrected chi connectivity index (χ1v) is 8.26. The van der Waals surface area contributed by atoms with E-state index in [1.807, 2.05) is 4.90 Å². The van der Waals surface area contributed by atoms with Gasteiger partial charge in [0.05, 0.1) is 10.4 Å². The van der Waals surface area contributed by atoms with E-state index in [9.17, 15) is 14.9 Å². The predicted molar refractivity (Wildman–Crippen MR) is 95.0 cm³/mol. The highest BCUT2D eigenvalue weighted by Crippen LogP contribution is 2.29. The molecule has 0 unspecified atom stereocenters. The molecule has 4 rings (SSSR count). The number of rotatable bonds is 2. The molecule has 2 aromatic rings. The molecule has 1 amide bonds. The van der Waals surface area contributed by atoms with E-state index in [1.54, 1.807) is 6.07 Å². The molecule has 2 saturated heterocycles. The normalized spacial score (nSPS) is 23.0. The number of aromatic amines is 1. The Morgan fingerprint density at radius 2 is 1.92 bits per heavy atom. The number of hydrogen-bond acceptors (Lipinski definition) is 5. The van der Waals surface area contributed by atoms with Crippen molar-refractivity contribution in [1.29, 1.82) is 0 Å². The third-order valence-electron chi connectivity index (χ3n) is 5.27. The van der Waals surface area contributed by atoms with Crippen molar-refractivity contribution in [3.8, 4) is 0 Å². The Hall–Kier alpha value is -2.19. The molecule has 25 heavy (non-hydrogen) atoms. The molecule has 2 aliphatic heterocycles. The monoisotopic (exact) mass is 365 g/mol. The molecule has 1 aromatic heterocycles. The Bertz CT molecular complexity index is 794. The van der Waals surface area contributed by atoms with Crippen LogP contribution in [0.3, 0.4) is 0 Å². The van der Waals surface area contributed by atoms with E-state index < -0.39 is 4.92 Å². The highest BCUT2D eigenvalue weighted by Gasteiger charge is 2.32. The van der Waals surface area contributed by atoms with Crippen molar-refractivity contribution in [2.75, 3.05) is 26.2 Å². The maximum atomic E-state index is 12.9. The van der Waals surface area contributed by atoms with Crippen LogP contribution in [0.2, 0.25) is 0 Å². The molecule has 0 saturated carbocycles. The molecule has 9 heteroatoms. The predicted octanol–water partition coefficient (Wildman–Crippen LogP) is 1.96. The summed E-state index contributed by atoms with van der Waals surface area (Å²) in [7, 11) is 0. The maximum Gasteiger partial charge on any atom is 0.274 e. The van der Waals surface area contributed by atoms with Crippen LogP contribution in [0.5, 0.6) is 0 Å². The van der Waals surface area contributed by atoms with Gasteiger partial charge in [-0.1, -0.05) is 0 Å². The van der Waals surface area contributed by atoms with Crippen LogP contribution in [0.25, 0.3) is 10.9 Å². The van der Waals surface area contributed by atoms with Crippen LogP contribution in [0.1, 0.15) is 23.3 Å². The van der Waals surface area contributed by atoms with E-state index >= 15 is 0 Å². The summed E-state index contributed by atoms with van der Waals surface area (Å²) in [6.07, 6.45) is 1.98. The van der Waals surface area contributed by atoms with Gasteiger partial charge in [-0.15, -0.1) is 12.4 Å². The molecule has 2 fully saturated rings. The lowest BCUT2D eigenvalue weighted by molar-refractivity contribution is -0.384. The number of nitro benzene ring substituents is 1. The average molecular weight is 366 g/mol. The Balaban J connectivity index is 0.00000182. The molecule has 3 heterocycles. The Morgan fingerprint density at radius 1 is 1.24 bits per heavy atom. The molecule has 2 atom stereocenters. The van der Waals surface area contributed by atoms with E-state index in [0.29, 0.717) is 35.8 Å². The van der Waals surface area contributed by atoms with Gasteiger partial charge in [-0.3, -0.25) is 20.0 Å². The summed E-state index contributed by atoms with van der Waals surface area (Å²) in [5, 5.41) is 21.8. The average Bonchev–Trinajstić information content (AvgIpc) is 3.16. The number of halogens is 1. The summed E-state index contributed by atoms with van der Waals surface area (Å²) >= 11 is 0. The Kier molecular flexibility index (Phi) is 4.91. The molecule has 134 valence electrons. The molecular weight excluding hydrogens is 346 g/mol. The number of aromatic nitrogens is 2. The van der Waals surface area contributed by atoms with Gasteiger partial charge in [-0.05, 0) is 43.8 Å². The standard InChI is InChI=1S/C16H19N5O3.ClH/c22-16(20-5-3-10-8-17-9-11(10)4-6-20)15-13-7-12(21(23)24)1-2-14(13)18-19-15;/h1-2,7,10-11,17H,3-6,8-9H2,(H,18,19);1H/t10-,11+;. The zero-order valence-corrected chi connectivity index (χ0v) is 14.4. The first-order valence-electron chi connectivity index (χ1n) is 8.26. The Labute approximate surface area is 150 Å². The summed E-state index contributed by atoms with van der Waals surface area (Å²) in [4.78, 5) is 25.2. The first-order chi connectivity index (χ1) is 11.6. The largest absolute Gasteiger partial charge is 0.337 e. The fourth-order valence-corrected chi connectivity index (χ4v) is 3.85. The molecule has 1 aromatic carbocycles. The lowest BCUT2D eigenvalue weighted by Gasteiger charge is -2.19. The van der Waals surface area contributed by atoms with E-state index in [0.717, 1.165) is 25.9 Å². The number of nitro groups is 1. The minimum Gasteiger partial charge on any atom is -0.337 e. The zero-order valence-electron chi connectivity index (χ0n) is 13.6. The van der Waals surface area contributed by atoms with Crippen LogP contribution in [0, 0.1) is 22.0 Å². The molecule has 8 nitrogen and oxygen atoms in total. The summed E-state index contributed by atoms with van der Waals surface area (Å²) < 4.78 is 0. The SMILES string of the molecule is Cl.O=C(c1n[nH]c2ccc([N+](=O)[O-])cc12)N1CC[C@@H]2CNC[C@@H]2CC1. The van der Waals surface area contributed by atoms with Crippen molar-refractivity contribution in [3.63, 3.8) is 0 Å². The van der Waals surface area contributed by atoms with Crippen LogP contribution in [0.4, 0.5) is 5.69 Å². The van der Waals surface area contributed by atoms with E-state index in [2.05, 4.69) is 15.5 Å². The number of benzene rings is 1. The number of carbonyl (C=O) groups excluding carboxylic acids is 1. The number of fused-ring (bicyclic) bond motifs is 2. The van der Waals surface area contributed by atoms with Gasteiger partial charge < -0.3 is 10.2 Å². The molecule has 0 spiro atoms. The van der Waals surface area contributed by atoms with Gasteiger partial charge in [0.1, 0.15) is 0 Å². The fourth-order valence-electron chi connectivity index (χ4n) is 3.85. The number of carbonyl (C=O) groups is 1. The molecule has 0 radical (unpaired) electrons. The van der Waals surface area contributed by atoms with Gasteiger partial charge in [0.25, 0.3) is 11.6 Å². The lowest BCUT2D eigenvalue weighted by atomic mass is 9.92. The summed E-state index contributed by atoms with van der Waals surface area (Å²) in [5.74, 6) is 1.13. The van der Waals surface area contributed by atoms with E-state index in [4.69, 9.17) is 0 Å². The topological polar surface area (TPSA) is 104 Å². The zero-order chi connectivity index (χ0) is 16.7. The Morgan fingerprint density at radius 3 is 2.56 bits per heavy atom. The molecular formula is C16H20ClN5O3. The molecule has 0 bridgehead atoms. The van der Waals surface area contributed by atoms with Gasteiger partial charge in [-0.25, -0.2) is 0 Å². The van der Waals surface area contributed by atoms with Gasteiger partial charge in [0.2, 0.25) is 0 Å². The number of hydrogen-bond donors (Lipinski definition) is 2. The van der Waals surface area contributed by atoms with Gasteiger partial charge in [0, 0.05) is 30.6 Å². The number of non-ortho nitro benzene ring substituents is 1. The number of nitrogens with one attached hydrogen (secondary N) is 2. The van der Waals surface area contributed by atoms with Crippen LogP contribution in [-0.2, 0) is 0 Å². The second-order valence-electron chi connectivity index (χ2n) is 6.61. The third-order valence-corrected chi connectivity index (χ3v) is 5.27. The fraction of sp³-hybridized carbons (Fsp3) is 0.500. The van der Waals surface area contributed by atoms with Crippen molar-refractivity contribution in [2.24, 2.45) is 11.8 Å². The van der Waals surface area contributed by atoms with Crippen LogP contribution < -0.4 is 5.32 Å². The van der Waals surface area contributed by atoms with Crippen molar-refractivity contribution in [3.05, 3.63) is 34.0 Å². The van der Waals surface area contributed by atoms with Crippen molar-refractivity contribution < 1.29 is 9.72 Å². The highest BCUT2D eigenvalue weighted by atomic mass is 35.5.